The number of unbranched alkanes of at least 4 members (excludes halogenated alkanes) is 1. The Balaban J connectivity index is 0.00000144. The molecule has 1 aromatic rings. The maximum atomic E-state index is 2.33. The Labute approximate surface area is 87.2 Å². The molecule has 1 heterocycles. The molecule has 0 amide bonds. The number of hydrogen-bond donors (Lipinski definition) is 0. The first-order valence-corrected chi connectivity index (χ1v) is 4.71. The molecule has 74 valence electrons. The lowest BCUT2D eigenvalue weighted by Gasteiger charge is -2.00. The second-order valence-corrected chi connectivity index (χ2v) is 3.32. The fraction of sp³-hybridized carbons (Fsp3) is 0.545. The second-order valence-electron chi connectivity index (χ2n) is 3.32. The highest BCUT2D eigenvalue weighted by Gasteiger charge is 2.05. The Bertz CT molecular complexity index is 258. The molecular formula is C11H18ClN. The quantitative estimate of drug-likeness (QED) is 0.573. The summed E-state index contributed by atoms with van der Waals surface area (Å²) in [5.74, 6) is 0. The summed E-state index contributed by atoms with van der Waals surface area (Å²) in [6, 6.07) is 4.29. The smallest absolute Gasteiger partial charge is 0.181 e. The van der Waals surface area contributed by atoms with Gasteiger partial charge in [0.1, 0.15) is 6.54 Å². The zero-order chi connectivity index (χ0) is 8.97. The van der Waals surface area contributed by atoms with E-state index in [1.165, 1.54) is 24.1 Å². The molecule has 1 aromatic heterocycles. The molecule has 0 spiro atoms. The highest BCUT2D eigenvalue weighted by atomic mass is 35.5. The number of hydrogen-bond acceptors (Lipinski definition) is 0. The molecule has 0 bridgehead atoms. The van der Waals surface area contributed by atoms with Crippen molar-refractivity contribution in [1.82, 2.24) is 0 Å². The van der Waals surface area contributed by atoms with Crippen LogP contribution in [0.2, 0.25) is 0 Å². The Morgan fingerprint density at radius 1 is 1.31 bits per heavy atom. The van der Waals surface area contributed by atoms with Crippen molar-refractivity contribution >= 4 is 0 Å². The van der Waals surface area contributed by atoms with Gasteiger partial charge in [0.25, 0.3) is 0 Å². The third-order valence-corrected chi connectivity index (χ3v) is 2.37. The molecule has 1 nitrogen and oxygen atoms in total. The SMILES string of the molecule is CCCC[n+]1cccc(C)c1C.[Cl-]. The van der Waals surface area contributed by atoms with Gasteiger partial charge >= 0.3 is 0 Å². The molecule has 0 aliphatic carbocycles. The summed E-state index contributed by atoms with van der Waals surface area (Å²) < 4.78 is 2.33. The van der Waals surface area contributed by atoms with Crippen LogP contribution in [0.25, 0.3) is 0 Å². The fourth-order valence-electron chi connectivity index (χ4n) is 1.32. The number of pyridine rings is 1. The van der Waals surface area contributed by atoms with E-state index in [2.05, 4.69) is 43.7 Å². The van der Waals surface area contributed by atoms with Gasteiger partial charge < -0.3 is 12.4 Å². The van der Waals surface area contributed by atoms with E-state index in [0.29, 0.717) is 0 Å². The summed E-state index contributed by atoms with van der Waals surface area (Å²) in [6.07, 6.45) is 4.70. The number of halogens is 1. The predicted octanol–water partition coefficient (Wildman–Crippen LogP) is -0.605. The van der Waals surface area contributed by atoms with E-state index in [9.17, 15) is 0 Å². The lowest BCUT2D eigenvalue weighted by Crippen LogP contribution is -3.00. The van der Waals surface area contributed by atoms with Gasteiger partial charge in [0.15, 0.2) is 11.9 Å². The van der Waals surface area contributed by atoms with E-state index in [-0.39, 0.29) is 12.4 Å². The minimum absolute atomic E-state index is 0. The van der Waals surface area contributed by atoms with E-state index < -0.39 is 0 Å². The van der Waals surface area contributed by atoms with Crippen LogP contribution in [0.15, 0.2) is 18.3 Å². The van der Waals surface area contributed by atoms with Gasteiger partial charge in [0.2, 0.25) is 0 Å². The maximum absolute atomic E-state index is 2.33. The van der Waals surface area contributed by atoms with Crippen molar-refractivity contribution < 1.29 is 17.0 Å². The van der Waals surface area contributed by atoms with Gasteiger partial charge in [-0.15, -0.1) is 0 Å². The van der Waals surface area contributed by atoms with Crippen molar-refractivity contribution in [2.75, 3.05) is 0 Å². The van der Waals surface area contributed by atoms with Crippen molar-refractivity contribution in [2.24, 2.45) is 0 Å². The van der Waals surface area contributed by atoms with Gasteiger partial charge in [-0.1, -0.05) is 13.3 Å². The first-order valence-electron chi connectivity index (χ1n) is 4.71. The summed E-state index contributed by atoms with van der Waals surface area (Å²) in [5, 5.41) is 0. The zero-order valence-electron chi connectivity index (χ0n) is 8.68. The maximum Gasteiger partial charge on any atom is 0.181 e. The number of rotatable bonds is 3. The van der Waals surface area contributed by atoms with Crippen LogP contribution in [0.4, 0.5) is 0 Å². The number of aryl methyl sites for hydroxylation is 2. The third kappa shape index (κ3) is 3.35. The summed E-state index contributed by atoms with van der Waals surface area (Å²) in [4.78, 5) is 0. The van der Waals surface area contributed by atoms with Gasteiger partial charge in [-0.2, -0.15) is 0 Å². The van der Waals surface area contributed by atoms with E-state index in [4.69, 9.17) is 0 Å². The highest BCUT2D eigenvalue weighted by molar-refractivity contribution is 5.10. The molecule has 0 aliphatic rings. The van der Waals surface area contributed by atoms with Crippen molar-refractivity contribution in [1.29, 1.82) is 0 Å². The lowest BCUT2D eigenvalue weighted by molar-refractivity contribution is -0.703. The van der Waals surface area contributed by atoms with Crippen molar-refractivity contribution in [3.05, 3.63) is 29.6 Å². The number of nitrogens with zero attached hydrogens (tertiary/aromatic N) is 1. The van der Waals surface area contributed by atoms with Crippen molar-refractivity contribution in [3.63, 3.8) is 0 Å². The fourth-order valence-corrected chi connectivity index (χ4v) is 1.32. The van der Waals surface area contributed by atoms with E-state index in [1.54, 1.807) is 0 Å². The Hall–Kier alpha value is -0.560. The first-order chi connectivity index (χ1) is 5.75. The highest BCUT2D eigenvalue weighted by Crippen LogP contribution is 1.99. The van der Waals surface area contributed by atoms with Crippen LogP contribution in [0.5, 0.6) is 0 Å². The average Bonchev–Trinajstić information content (AvgIpc) is 2.08. The monoisotopic (exact) mass is 199 g/mol. The van der Waals surface area contributed by atoms with Gasteiger partial charge in [-0.3, -0.25) is 0 Å². The van der Waals surface area contributed by atoms with Crippen molar-refractivity contribution in [2.45, 2.75) is 40.2 Å². The van der Waals surface area contributed by atoms with Crippen LogP contribution in [0, 0.1) is 13.8 Å². The molecule has 0 fully saturated rings. The summed E-state index contributed by atoms with van der Waals surface area (Å²) >= 11 is 0. The normalized spacial score (nSPS) is 9.46. The molecule has 13 heavy (non-hydrogen) atoms. The molecule has 0 aliphatic heterocycles. The van der Waals surface area contributed by atoms with Crippen LogP contribution in [0.1, 0.15) is 31.0 Å². The van der Waals surface area contributed by atoms with Gasteiger partial charge in [0.05, 0.1) is 0 Å². The molecule has 0 radical (unpaired) electrons. The van der Waals surface area contributed by atoms with Gasteiger partial charge in [-0.05, 0) is 13.0 Å². The minimum Gasteiger partial charge on any atom is -1.00 e. The average molecular weight is 200 g/mol. The number of aromatic nitrogens is 1. The predicted molar refractivity (Wildman–Crippen MR) is 51.0 cm³/mol. The minimum atomic E-state index is 0. The van der Waals surface area contributed by atoms with E-state index >= 15 is 0 Å². The van der Waals surface area contributed by atoms with Crippen molar-refractivity contribution in [3.8, 4) is 0 Å². The second kappa shape index (κ2) is 5.98. The van der Waals surface area contributed by atoms with Crippen LogP contribution < -0.4 is 17.0 Å². The van der Waals surface area contributed by atoms with Crippen LogP contribution in [-0.4, -0.2) is 0 Å². The first kappa shape index (κ1) is 12.4. The molecule has 0 aromatic carbocycles. The Kier molecular flexibility index (Phi) is 5.72. The summed E-state index contributed by atoms with van der Waals surface area (Å²) in [7, 11) is 0. The Morgan fingerprint density at radius 2 is 2.00 bits per heavy atom. The summed E-state index contributed by atoms with van der Waals surface area (Å²) in [5.41, 5.74) is 2.78. The molecular weight excluding hydrogens is 182 g/mol. The molecule has 0 N–H and O–H groups in total. The van der Waals surface area contributed by atoms with Crippen LogP contribution >= 0.6 is 0 Å². The molecule has 1 rings (SSSR count). The molecule has 0 unspecified atom stereocenters. The van der Waals surface area contributed by atoms with Crippen LogP contribution in [-0.2, 0) is 6.54 Å². The molecule has 2 heteroatoms. The van der Waals surface area contributed by atoms with E-state index in [0.717, 1.165) is 6.54 Å². The van der Waals surface area contributed by atoms with Gasteiger partial charge in [0, 0.05) is 25.0 Å². The lowest BCUT2D eigenvalue weighted by atomic mass is 10.2. The van der Waals surface area contributed by atoms with Crippen LogP contribution in [0.3, 0.4) is 0 Å². The molecule has 0 saturated heterocycles. The topological polar surface area (TPSA) is 3.88 Å². The largest absolute Gasteiger partial charge is 1.00 e. The molecule has 0 atom stereocenters. The standard InChI is InChI=1S/C11H18N.ClH/c1-4-5-8-12-9-6-7-10(2)11(12)3;/h6-7,9H,4-5,8H2,1-3H3;1H/q+1;/p-1. The van der Waals surface area contributed by atoms with Gasteiger partial charge in [-0.25, -0.2) is 4.57 Å². The Morgan fingerprint density at radius 3 is 2.62 bits per heavy atom. The van der Waals surface area contributed by atoms with E-state index in [1.807, 2.05) is 0 Å². The summed E-state index contributed by atoms with van der Waals surface area (Å²) in [6.45, 7) is 7.73. The molecule has 0 saturated carbocycles. The third-order valence-electron chi connectivity index (χ3n) is 2.37. The zero-order valence-corrected chi connectivity index (χ0v) is 9.43.